The monoisotopic (exact) mass is 362 g/mol. The van der Waals surface area contributed by atoms with Crippen molar-refractivity contribution in [2.24, 2.45) is 0 Å². The van der Waals surface area contributed by atoms with Gasteiger partial charge in [0.1, 0.15) is 0 Å². The molecule has 0 saturated carbocycles. The fourth-order valence-electron chi connectivity index (χ4n) is 2.65. The second kappa shape index (κ2) is 23.4. The molecule has 152 valence electrons. The third kappa shape index (κ3) is 31.6. The number of rotatable bonds is 17. The van der Waals surface area contributed by atoms with Crippen LogP contribution in [0.5, 0.6) is 0 Å². The summed E-state index contributed by atoms with van der Waals surface area (Å²) in [5.74, 6) is -0.653. The third-order valence-electron chi connectivity index (χ3n) is 4.16. The summed E-state index contributed by atoms with van der Waals surface area (Å²) in [5.41, 5.74) is 0. The van der Waals surface area contributed by atoms with Crippen molar-refractivity contribution < 1.29 is 25.2 Å². The molecule has 4 N–H and O–H groups in total. The Kier molecular flexibility index (Phi) is 24.8. The first-order chi connectivity index (χ1) is 12.0. The van der Waals surface area contributed by atoms with Crippen LogP contribution in [0.25, 0.3) is 0 Å². The molecule has 0 spiro atoms. The minimum atomic E-state index is -1.56. The third-order valence-corrected chi connectivity index (χ3v) is 4.16. The molecule has 0 aromatic heterocycles. The Balaban J connectivity index is 0. The van der Waals surface area contributed by atoms with Crippen LogP contribution < -0.4 is 0 Å². The lowest BCUT2D eigenvalue weighted by Crippen LogP contribution is -2.08. The van der Waals surface area contributed by atoms with Crippen LogP contribution in [0.3, 0.4) is 0 Å². The van der Waals surface area contributed by atoms with Gasteiger partial charge in [-0.05, 0) is 6.42 Å². The molecule has 0 saturated heterocycles. The van der Waals surface area contributed by atoms with Crippen LogP contribution >= 0.6 is 0 Å². The van der Waals surface area contributed by atoms with Gasteiger partial charge in [-0.3, -0.25) is 4.79 Å². The summed E-state index contributed by atoms with van der Waals surface area (Å²) in [5, 5.41) is 31.5. The van der Waals surface area contributed by atoms with Gasteiger partial charge in [0.25, 0.3) is 0 Å². The Morgan fingerprint density at radius 3 is 1.20 bits per heavy atom. The molecule has 0 aliphatic rings. The van der Waals surface area contributed by atoms with Crippen molar-refractivity contribution in [2.75, 3.05) is 6.61 Å². The minimum absolute atomic E-state index is 0.345. The molecular weight excluding hydrogens is 320 g/mol. The van der Waals surface area contributed by atoms with Crippen molar-refractivity contribution in [1.82, 2.24) is 0 Å². The summed E-state index contributed by atoms with van der Waals surface area (Å²) in [4.78, 5) is 10.3. The van der Waals surface area contributed by atoms with E-state index in [0.717, 1.165) is 12.8 Å². The van der Waals surface area contributed by atoms with E-state index in [1.54, 1.807) is 0 Å². The predicted molar refractivity (Wildman–Crippen MR) is 102 cm³/mol. The zero-order valence-corrected chi connectivity index (χ0v) is 16.3. The van der Waals surface area contributed by atoms with E-state index in [1.807, 2.05) is 0 Å². The van der Waals surface area contributed by atoms with Gasteiger partial charge in [0.15, 0.2) is 6.29 Å². The number of hydrogen-bond acceptors (Lipinski definition) is 4. The van der Waals surface area contributed by atoms with Gasteiger partial charge in [-0.25, -0.2) is 0 Å². The number of aliphatic hydroxyl groups is 3. The first-order valence-corrected chi connectivity index (χ1v) is 10.2. The number of aliphatic hydroxyl groups excluding tert-OH is 2. The Labute approximate surface area is 154 Å². The highest BCUT2D eigenvalue weighted by Gasteiger charge is 1.97. The van der Waals surface area contributed by atoms with Crippen LogP contribution in [-0.2, 0) is 4.79 Å². The number of carbonyl (C=O) groups is 1. The highest BCUT2D eigenvalue weighted by Crippen LogP contribution is 2.13. The van der Waals surface area contributed by atoms with Crippen LogP contribution in [0.1, 0.15) is 110 Å². The molecular formula is C20H42O5. The molecule has 0 rings (SSSR count). The Morgan fingerprint density at radius 2 is 0.960 bits per heavy atom. The molecule has 0 amide bonds. The predicted octanol–water partition coefficient (Wildman–Crippen LogP) is 4.62. The maximum absolute atomic E-state index is 10.3. The van der Waals surface area contributed by atoms with Crippen LogP contribution in [0.4, 0.5) is 0 Å². The Hall–Kier alpha value is -0.650. The van der Waals surface area contributed by atoms with Crippen LogP contribution in [0.2, 0.25) is 0 Å². The fraction of sp³-hybridized carbons (Fsp3) is 0.950. The van der Waals surface area contributed by atoms with Gasteiger partial charge >= 0.3 is 5.97 Å². The van der Waals surface area contributed by atoms with E-state index in [-0.39, 0.29) is 0 Å². The minimum Gasteiger partial charge on any atom is -0.481 e. The Bertz CT molecular complexity index is 256. The number of carboxylic acids is 1. The van der Waals surface area contributed by atoms with E-state index >= 15 is 0 Å². The van der Waals surface area contributed by atoms with E-state index in [0.29, 0.717) is 6.42 Å². The summed E-state index contributed by atoms with van der Waals surface area (Å²) in [6.45, 7) is 1.69. The van der Waals surface area contributed by atoms with Crippen LogP contribution in [0, 0.1) is 0 Å². The van der Waals surface area contributed by atoms with Crippen LogP contribution in [0.15, 0.2) is 0 Å². The molecule has 5 nitrogen and oxygen atoms in total. The molecule has 0 bridgehead atoms. The largest absolute Gasteiger partial charge is 0.481 e. The SMILES string of the molecule is CCCCCCCCCCCCCCCCCC(=O)O.OCC(O)O. The molecule has 0 radical (unpaired) electrons. The average Bonchev–Trinajstić information content (AvgIpc) is 2.58. The van der Waals surface area contributed by atoms with Crippen molar-refractivity contribution in [1.29, 1.82) is 0 Å². The normalized spacial score (nSPS) is 10.6. The average molecular weight is 363 g/mol. The van der Waals surface area contributed by atoms with Crippen molar-refractivity contribution in [3.8, 4) is 0 Å². The highest BCUT2D eigenvalue weighted by atomic mass is 16.5. The van der Waals surface area contributed by atoms with E-state index in [1.165, 1.54) is 83.5 Å². The zero-order chi connectivity index (χ0) is 19.2. The number of aliphatic carboxylic acids is 1. The van der Waals surface area contributed by atoms with E-state index in [9.17, 15) is 4.79 Å². The first-order valence-electron chi connectivity index (χ1n) is 10.2. The van der Waals surface area contributed by atoms with Gasteiger partial charge in [0.05, 0.1) is 6.61 Å². The summed E-state index contributed by atoms with van der Waals surface area (Å²) >= 11 is 0. The topological polar surface area (TPSA) is 98.0 Å². The molecule has 0 aliphatic heterocycles. The van der Waals surface area contributed by atoms with Crippen LogP contribution in [-0.4, -0.2) is 39.3 Å². The maximum Gasteiger partial charge on any atom is 0.303 e. The quantitative estimate of drug-likeness (QED) is 0.223. The van der Waals surface area contributed by atoms with Gasteiger partial charge in [-0.15, -0.1) is 0 Å². The second-order valence-electron chi connectivity index (χ2n) is 6.76. The summed E-state index contributed by atoms with van der Waals surface area (Å²) in [7, 11) is 0. The first kappa shape index (κ1) is 26.6. The highest BCUT2D eigenvalue weighted by molar-refractivity contribution is 5.66. The van der Waals surface area contributed by atoms with Crippen molar-refractivity contribution in [3.63, 3.8) is 0 Å². The molecule has 0 aromatic carbocycles. The maximum atomic E-state index is 10.3. The molecule has 5 heteroatoms. The summed E-state index contributed by atoms with van der Waals surface area (Å²) in [6, 6.07) is 0. The number of unbranched alkanes of at least 4 members (excludes halogenated alkanes) is 14. The molecule has 0 heterocycles. The Morgan fingerprint density at radius 1 is 0.680 bits per heavy atom. The van der Waals surface area contributed by atoms with Crippen molar-refractivity contribution in [3.05, 3.63) is 0 Å². The van der Waals surface area contributed by atoms with Crippen molar-refractivity contribution >= 4 is 5.97 Å². The number of carboxylic acid groups (broad SMARTS) is 1. The van der Waals surface area contributed by atoms with E-state index in [2.05, 4.69) is 6.92 Å². The molecule has 0 fully saturated rings. The lowest BCUT2D eigenvalue weighted by Gasteiger charge is -2.03. The summed E-state index contributed by atoms with van der Waals surface area (Å²) < 4.78 is 0. The van der Waals surface area contributed by atoms with Gasteiger partial charge < -0.3 is 20.4 Å². The van der Waals surface area contributed by atoms with E-state index in [4.69, 9.17) is 20.4 Å². The lowest BCUT2D eigenvalue weighted by atomic mass is 10.0. The molecule has 0 aromatic rings. The lowest BCUT2D eigenvalue weighted by molar-refractivity contribution is -0.137. The zero-order valence-electron chi connectivity index (χ0n) is 16.3. The number of hydrogen-bond donors (Lipinski definition) is 4. The molecule has 0 aliphatic carbocycles. The smallest absolute Gasteiger partial charge is 0.303 e. The molecule has 0 atom stereocenters. The van der Waals surface area contributed by atoms with Gasteiger partial charge in [0.2, 0.25) is 0 Å². The second-order valence-corrected chi connectivity index (χ2v) is 6.76. The van der Waals surface area contributed by atoms with Gasteiger partial charge in [-0.1, -0.05) is 96.8 Å². The fourth-order valence-corrected chi connectivity index (χ4v) is 2.65. The van der Waals surface area contributed by atoms with E-state index < -0.39 is 18.9 Å². The standard InChI is InChI=1S/C18H36O2.C2H6O3/c1-2-3-4-5-6-7-8-9-10-11-12-13-14-15-16-17-18(19)20;3-1-2(4)5/h2-17H2,1H3,(H,19,20);2-5H,1H2. The van der Waals surface area contributed by atoms with Crippen molar-refractivity contribution in [2.45, 2.75) is 116 Å². The summed E-state index contributed by atoms with van der Waals surface area (Å²) in [6.07, 6.45) is 18.6. The molecule has 0 unspecified atom stereocenters. The van der Waals surface area contributed by atoms with Gasteiger partial charge in [-0.2, -0.15) is 0 Å². The van der Waals surface area contributed by atoms with Gasteiger partial charge in [0, 0.05) is 6.42 Å². The molecule has 25 heavy (non-hydrogen) atoms.